The van der Waals surface area contributed by atoms with Gasteiger partial charge in [-0.3, -0.25) is 9.89 Å². The van der Waals surface area contributed by atoms with Gasteiger partial charge in [0.15, 0.2) is 0 Å². The maximum atomic E-state index is 11.7. The van der Waals surface area contributed by atoms with Crippen molar-refractivity contribution in [3.8, 4) is 0 Å². The van der Waals surface area contributed by atoms with Gasteiger partial charge in [-0.25, -0.2) is 0 Å². The molecule has 1 heterocycles. The van der Waals surface area contributed by atoms with Crippen molar-refractivity contribution in [3.05, 3.63) is 47.3 Å². The molecule has 0 fully saturated rings. The molecule has 0 aliphatic rings. The summed E-state index contributed by atoms with van der Waals surface area (Å²) in [5.41, 5.74) is 3.70. The normalized spacial score (nSPS) is 10.2. The van der Waals surface area contributed by atoms with Gasteiger partial charge in [-0.1, -0.05) is 17.7 Å². The summed E-state index contributed by atoms with van der Waals surface area (Å²) in [4.78, 5) is 11.7. The highest BCUT2D eigenvalue weighted by molar-refractivity contribution is 5.91. The summed E-state index contributed by atoms with van der Waals surface area (Å²) in [6.07, 6.45) is 0.290. The minimum Gasteiger partial charge on any atom is -0.326 e. The number of hydrogen-bond donors (Lipinski definition) is 2. The van der Waals surface area contributed by atoms with Crippen LogP contribution in [-0.2, 0) is 11.2 Å². The van der Waals surface area contributed by atoms with Crippen LogP contribution < -0.4 is 5.32 Å². The van der Waals surface area contributed by atoms with E-state index in [-0.39, 0.29) is 12.3 Å². The quantitative estimate of drug-likeness (QED) is 0.847. The molecule has 2 N–H and O–H groups in total. The molecule has 1 aromatic heterocycles. The molecule has 0 atom stereocenters. The monoisotopic (exact) mass is 229 g/mol. The highest BCUT2D eigenvalue weighted by Crippen LogP contribution is 2.09. The number of carbonyl (C=O) groups is 1. The zero-order valence-electron chi connectivity index (χ0n) is 9.95. The molecular formula is C13H15N3O. The van der Waals surface area contributed by atoms with E-state index < -0.39 is 0 Å². The number of hydrogen-bond acceptors (Lipinski definition) is 2. The second kappa shape index (κ2) is 4.82. The molecule has 0 aliphatic carbocycles. The summed E-state index contributed by atoms with van der Waals surface area (Å²) in [5.74, 6) is -0.0552. The molecule has 0 aliphatic heterocycles. The van der Waals surface area contributed by atoms with Crippen molar-refractivity contribution in [2.24, 2.45) is 0 Å². The topological polar surface area (TPSA) is 57.8 Å². The molecule has 2 aromatic rings. The van der Waals surface area contributed by atoms with Gasteiger partial charge < -0.3 is 5.32 Å². The fourth-order valence-electron chi connectivity index (χ4n) is 1.57. The summed E-state index contributed by atoms with van der Waals surface area (Å²) in [6, 6.07) is 9.59. The second-order valence-corrected chi connectivity index (χ2v) is 4.13. The van der Waals surface area contributed by atoms with Crippen LogP contribution in [0.1, 0.15) is 17.0 Å². The molecule has 0 saturated heterocycles. The molecule has 0 unspecified atom stereocenters. The number of aromatic nitrogens is 2. The van der Waals surface area contributed by atoms with Gasteiger partial charge in [0.05, 0.1) is 12.1 Å². The van der Waals surface area contributed by atoms with Crippen molar-refractivity contribution >= 4 is 11.6 Å². The van der Waals surface area contributed by atoms with Crippen molar-refractivity contribution < 1.29 is 4.79 Å². The largest absolute Gasteiger partial charge is 0.326 e. The third kappa shape index (κ3) is 3.17. The Labute approximate surface area is 100 Å². The first-order valence-electron chi connectivity index (χ1n) is 5.51. The molecule has 88 valence electrons. The number of H-pyrrole nitrogens is 1. The molecule has 0 bridgehead atoms. The van der Waals surface area contributed by atoms with Gasteiger partial charge in [-0.05, 0) is 32.0 Å². The molecule has 2 rings (SSSR count). The van der Waals surface area contributed by atoms with Gasteiger partial charge >= 0.3 is 0 Å². The van der Waals surface area contributed by atoms with Crippen LogP contribution in [-0.4, -0.2) is 16.1 Å². The number of nitrogens with one attached hydrogen (secondary N) is 2. The van der Waals surface area contributed by atoms with Gasteiger partial charge in [-0.15, -0.1) is 0 Å². The number of carbonyl (C=O) groups excluding carboxylic acids is 1. The van der Waals surface area contributed by atoms with E-state index in [1.165, 1.54) is 5.56 Å². The molecule has 1 amide bonds. The first-order valence-corrected chi connectivity index (χ1v) is 5.51. The predicted octanol–water partition coefficient (Wildman–Crippen LogP) is 2.21. The molecule has 4 nitrogen and oxygen atoms in total. The number of rotatable bonds is 3. The Kier molecular flexibility index (Phi) is 3.23. The maximum absolute atomic E-state index is 11.7. The first kappa shape index (κ1) is 11.4. The van der Waals surface area contributed by atoms with Crippen molar-refractivity contribution in [3.63, 3.8) is 0 Å². The fourth-order valence-corrected chi connectivity index (χ4v) is 1.57. The lowest BCUT2D eigenvalue weighted by atomic mass is 10.2. The molecule has 17 heavy (non-hydrogen) atoms. The van der Waals surface area contributed by atoms with E-state index in [0.29, 0.717) is 0 Å². The predicted molar refractivity (Wildman–Crippen MR) is 66.8 cm³/mol. The van der Waals surface area contributed by atoms with Crippen LogP contribution in [0.3, 0.4) is 0 Å². The number of benzene rings is 1. The average Bonchev–Trinajstić information content (AvgIpc) is 2.67. The van der Waals surface area contributed by atoms with Crippen molar-refractivity contribution in [1.82, 2.24) is 10.2 Å². The second-order valence-electron chi connectivity index (χ2n) is 4.13. The van der Waals surface area contributed by atoms with Gasteiger partial charge in [0.1, 0.15) is 0 Å². The summed E-state index contributed by atoms with van der Waals surface area (Å²) in [5, 5.41) is 9.68. The molecule has 0 spiro atoms. The Morgan fingerprint density at radius 1 is 1.29 bits per heavy atom. The van der Waals surface area contributed by atoms with Gasteiger partial charge in [0.2, 0.25) is 5.91 Å². The summed E-state index contributed by atoms with van der Waals surface area (Å²) in [6.45, 7) is 3.92. The Hall–Kier alpha value is -2.10. The summed E-state index contributed by atoms with van der Waals surface area (Å²) in [7, 11) is 0. The van der Waals surface area contributed by atoms with Gasteiger partial charge in [-0.2, -0.15) is 5.10 Å². The Balaban J connectivity index is 1.95. The van der Waals surface area contributed by atoms with E-state index in [0.717, 1.165) is 17.1 Å². The number of aryl methyl sites for hydroxylation is 2. The van der Waals surface area contributed by atoms with Crippen LogP contribution in [0.25, 0.3) is 0 Å². The van der Waals surface area contributed by atoms with Crippen LogP contribution >= 0.6 is 0 Å². The van der Waals surface area contributed by atoms with Crippen LogP contribution in [0.5, 0.6) is 0 Å². The number of aromatic amines is 1. The number of nitrogens with zero attached hydrogens (tertiary/aromatic N) is 1. The smallest absolute Gasteiger partial charge is 0.230 e. The summed E-state index contributed by atoms with van der Waals surface area (Å²) >= 11 is 0. The third-order valence-corrected chi connectivity index (χ3v) is 2.44. The highest BCUT2D eigenvalue weighted by atomic mass is 16.1. The Morgan fingerprint density at radius 2 is 2.00 bits per heavy atom. The van der Waals surface area contributed by atoms with Crippen molar-refractivity contribution in [2.75, 3.05) is 5.32 Å². The standard InChI is InChI=1S/C13H15N3O/c1-9-3-5-11(6-4-9)14-13(17)8-12-7-10(2)15-16-12/h3-7H,8H2,1-2H3,(H,14,17)(H,15,16). The van der Waals surface area contributed by atoms with E-state index >= 15 is 0 Å². The van der Waals surface area contributed by atoms with Gasteiger partial charge in [0.25, 0.3) is 0 Å². The molecule has 4 heteroatoms. The zero-order valence-corrected chi connectivity index (χ0v) is 9.95. The van der Waals surface area contributed by atoms with E-state index in [4.69, 9.17) is 0 Å². The lowest BCUT2D eigenvalue weighted by Gasteiger charge is -2.03. The minimum absolute atomic E-state index is 0.0552. The molecule has 0 saturated carbocycles. The SMILES string of the molecule is Cc1ccc(NC(=O)Cc2cc(C)[nH]n2)cc1. The zero-order chi connectivity index (χ0) is 12.3. The third-order valence-electron chi connectivity index (χ3n) is 2.44. The van der Waals surface area contributed by atoms with Crippen LogP contribution in [0.15, 0.2) is 30.3 Å². The highest BCUT2D eigenvalue weighted by Gasteiger charge is 2.06. The molecule has 1 aromatic carbocycles. The lowest BCUT2D eigenvalue weighted by molar-refractivity contribution is -0.115. The summed E-state index contributed by atoms with van der Waals surface area (Å²) < 4.78 is 0. The van der Waals surface area contributed by atoms with E-state index in [9.17, 15) is 4.79 Å². The van der Waals surface area contributed by atoms with Crippen molar-refractivity contribution in [2.45, 2.75) is 20.3 Å². The number of anilines is 1. The minimum atomic E-state index is -0.0552. The number of amides is 1. The van der Waals surface area contributed by atoms with Crippen LogP contribution in [0, 0.1) is 13.8 Å². The lowest BCUT2D eigenvalue weighted by Crippen LogP contribution is -2.14. The molecular weight excluding hydrogens is 214 g/mol. The van der Waals surface area contributed by atoms with Crippen LogP contribution in [0.4, 0.5) is 5.69 Å². The Bertz CT molecular complexity index is 514. The molecule has 0 radical (unpaired) electrons. The van der Waals surface area contributed by atoms with E-state index in [1.807, 2.05) is 44.2 Å². The van der Waals surface area contributed by atoms with E-state index in [1.54, 1.807) is 0 Å². The average molecular weight is 229 g/mol. The Morgan fingerprint density at radius 3 is 2.59 bits per heavy atom. The first-order chi connectivity index (χ1) is 8.13. The van der Waals surface area contributed by atoms with Crippen LogP contribution in [0.2, 0.25) is 0 Å². The van der Waals surface area contributed by atoms with Crippen molar-refractivity contribution in [1.29, 1.82) is 0 Å². The maximum Gasteiger partial charge on any atom is 0.230 e. The van der Waals surface area contributed by atoms with E-state index in [2.05, 4.69) is 15.5 Å². The fraction of sp³-hybridized carbons (Fsp3) is 0.231. The van der Waals surface area contributed by atoms with Gasteiger partial charge in [0, 0.05) is 11.4 Å².